The highest BCUT2D eigenvalue weighted by molar-refractivity contribution is 7.16. The number of nitrogens with one attached hydrogen (secondary N) is 2. The molecule has 26 heavy (non-hydrogen) atoms. The number of hydrogen-bond donors (Lipinski definition) is 2. The molecule has 0 atom stereocenters. The summed E-state index contributed by atoms with van der Waals surface area (Å²) in [6.07, 6.45) is 1.71. The van der Waals surface area contributed by atoms with Crippen LogP contribution in [0.3, 0.4) is 0 Å². The average Bonchev–Trinajstić information content (AvgIpc) is 3.00. The van der Waals surface area contributed by atoms with E-state index in [2.05, 4.69) is 17.2 Å². The van der Waals surface area contributed by atoms with E-state index in [1.807, 2.05) is 17.0 Å². The van der Waals surface area contributed by atoms with Gasteiger partial charge in [-0.15, -0.1) is 17.9 Å². The predicted molar refractivity (Wildman–Crippen MR) is 103 cm³/mol. The second kappa shape index (κ2) is 10.1. The SMILES string of the molecule is C=CCN(CC(=O)NCC(=O)Nc1ccc(F)cc1)Cc1ccc(Cl)s1. The van der Waals surface area contributed by atoms with Crippen molar-refractivity contribution in [2.75, 3.05) is 25.0 Å². The van der Waals surface area contributed by atoms with Crippen LogP contribution < -0.4 is 10.6 Å². The summed E-state index contributed by atoms with van der Waals surface area (Å²) in [4.78, 5) is 26.9. The normalized spacial score (nSPS) is 10.6. The van der Waals surface area contributed by atoms with E-state index in [1.165, 1.54) is 35.6 Å². The highest BCUT2D eigenvalue weighted by atomic mass is 35.5. The fourth-order valence-electron chi connectivity index (χ4n) is 2.20. The van der Waals surface area contributed by atoms with E-state index in [0.717, 1.165) is 4.88 Å². The maximum Gasteiger partial charge on any atom is 0.243 e. The molecular formula is C18H19ClFN3O2S. The molecule has 2 amide bonds. The lowest BCUT2D eigenvalue weighted by atomic mass is 10.3. The molecule has 0 unspecified atom stereocenters. The molecule has 1 aromatic carbocycles. The molecule has 0 spiro atoms. The van der Waals surface area contributed by atoms with E-state index in [0.29, 0.717) is 23.1 Å². The number of benzene rings is 1. The largest absolute Gasteiger partial charge is 0.346 e. The molecule has 1 heterocycles. The van der Waals surface area contributed by atoms with Crippen LogP contribution in [-0.2, 0) is 16.1 Å². The number of hydrogen-bond acceptors (Lipinski definition) is 4. The van der Waals surface area contributed by atoms with Crippen molar-refractivity contribution in [1.82, 2.24) is 10.2 Å². The van der Waals surface area contributed by atoms with Gasteiger partial charge in [0.1, 0.15) is 5.82 Å². The lowest BCUT2D eigenvalue weighted by Gasteiger charge is -2.19. The Morgan fingerprint density at radius 3 is 2.54 bits per heavy atom. The van der Waals surface area contributed by atoms with Crippen LogP contribution in [-0.4, -0.2) is 36.3 Å². The summed E-state index contributed by atoms with van der Waals surface area (Å²) in [5, 5.41) is 5.15. The Bertz CT molecular complexity index is 764. The van der Waals surface area contributed by atoms with E-state index >= 15 is 0 Å². The summed E-state index contributed by atoms with van der Waals surface area (Å²) >= 11 is 7.38. The van der Waals surface area contributed by atoms with Gasteiger partial charge in [0.15, 0.2) is 0 Å². The van der Waals surface area contributed by atoms with Gasteiger partial charge in [0.2, 0.25) is 11.8 Å². The second-order valence-electron chi connectivity index (χ2n) is 5.50. The van der Waals surface area contributed by atoms with Crippen LogP contribution in [0.5, 0.6) is 0 Å². The standard InChI is InChI=1S/C18H19ClFN3O2S/c1-2-9-23(11-15-7-8-16(19)26-15)12-18(25)21-10-17(24)22-14-5-3-13(20)4-6-14/h2-8H,1,9-12H2,(H,21,25)(H,22,24). The summed E-state index contributed by atoms with van der Waals surface area (Å²) in [5.74, 6) is -1.04. The molecule has 0 bridgehead atoms. The Kier molecular flexibility index (Phi) is 7.77. The van der Waals surface area contributed by atoms with E-state index in [-0.39, 0.29) is 30.7 Å². The molecular weight excluding hydrogens is 377 g/mol. The van der Waals surface area contributed by atoms with Gasteiger partial charge in [0.05, 0.1) is 17.4 Å². The highest BCUT2D eigenvalue weighted by Crippen LogP contribution is 2.22. The molecule has 0 saturated heterocycles. The minimum atomic E-state index is -0.384. The molecule has 5 nitrogen and oxygen atoms in total. The Balaban J connectivity index is 1.78. The van der Waals surface area contributed by atoms with Crippen molar-refractivity contribution in [2.45, 2.75) is 6.54 Å². The molecule has 138 valence electrons. The van der Waals surface area contributed by atoms with Crippen molar-refractivity contribution >= 4 is 40.4 Å². The van der Waals surface area contributed by atoms with Crippen LogP contribution >= 0.6 is 22.9 Å². The van der Waals surface area contributed by atoms with Gasteiger partial charge in [-0.1, -0.05) is 17.7 Å². The lowest BCUT2D eigenvalue weighted by Crippen LogP contribution is -2.40. The van der Waals surface area contributed by atoms with E-state index in [4.69, 9.17) is 11.6 Å². The van der Waals surface area contributed by atoms with Crippen LogP contribution in [0.1, 0.15) is 4.88 Å². The first-order valence-electron chi connectivity index (χ1n) is 7.86. The molecule has 0 saturated carbocycles. The quantitative estimate of drug-likeness (QED) is 0.640. The minimum Gasteiger partial charge on any atom is -0.346 e. The molecule has 0 aliphatic carbocycles. The lowest BCUT2D eigenvalue weighted by molar-refractivity contribution is -0.125. The topological polar surface area (TPSA) is 61.4 Å². The number of rotatable bonds is 9. The van der Waals surface area contributed by atoms with Crippen molar-refractivity contribution in [3.8, 4) is 0 Å². The fourth-order valence-corrected chi connectivity index (χ4v) is 3.33. The third-order valence-electron chi connectivity index (χ3n) is 3.34. The van der Waals surface area contributed by atoms with E-state index in [9.17, 15) is 14.0 Å². The minimum absolute atomic E-state index is 0.130. The Labute approximate surface area is 160 Å². The zero-order chi connectivity index (χ0) is 18.9. The highest BCUT2D eigenvalue weighted by Gasteiger charge is 2.12. The van der Waals surface area contributed by atoms with Crippen molar-refractivity contribution in [3.05, 3.63) is 64.1 Å². The van der Waals surface area contributed by atoms with E-state index < -0.39 is 0 Å². The molecule has 2 N–H and O–H groups in total. The number of halogens is 2. The van der Waals surface area contributed by atoms with Crippen LogP contribution in [0.2, 0.25) is 4.34 Å². The predicted octanol–water partition coefficient (Wildman–Crippen LogP) is 3.28. The molecule has 0 fully saturated rings. The van der Waals surface area contributed by atoms with Crippen LogP contribution in [0.4, 0.5) is 10.1 Å². The Morgan fingerprint density at radius 1 is 1.19 bits per heavy atom. The fraction of sp³-hybridized carbons (Fsp3) is 0.222. The van der Waals surface area contributed by atoms with E-state index in [1.54, 1.807) is 6.08 Å². The third-order valence-corrected chi connectivity index (χ3v) is 4.55. The number of amides is 2. The molecule has 8 heteroatoms. The summed E-state index contributed by atoms with van der Waals surface area (Å²) in [6.45, 7) is 4.76. The van der Waals surface area contributed by atoms with Crippen molar-refractivity contribution < 1.29 is 14.0 Å². The summed E-state index contributed by atoms with van der Waals surface area (Å²) in [6, 6.07) is 9.13. The van der Waals surface area contributed by atoms with Gasteiger partial charge in [0.25, 0.3) is 0 Å². The summed E-state index contributed by atoms with van der Waals surface area (Å²) in [7, 11) is 0. The van der Waals surface area contributed by atoms with Gasteiger partial charge in [-0.2, -0.15) is 0 Å². The summed E-state index contributed by atoms with van der Waals surface area (Å²) < 4.78 is 13.5. The first-order chi connectivity index (χ1) is 12.5. The van der Waals surface area contributed by atoms with Crippen LogP contribution in [0, 0.1) is 5.82 Å². The molecule has 0 aliphatic heterocycles. The van der Waals surface area contributed by atoms with Gasteiger partial charge in [-0.05, 0) is 36.4 Å². The van der Waals surface area contributed by atoms with Crippen molar-refractivity contribution in [2.24, 2.45) is 0 Å². The number of thiophene rings is 1. The number of nitrogens with zero attached hydrogens (tertiary/aromatic N) is 1. The number of carbonyl (C=O) groups is 2. The first-order valence-corrected chi connectivity index (χ1v) is 9.05. The monoisotopic (exact) mass is 395 g/mol. The third kappa shape index (κ3) is 6.95. The maximum absolute atomic E-state index is 12.8. The van der Waals surface area contributed by atoms with Gasteiger partial charge >= 0.3 is 0 Å². The number of carbonyl (C=O) groups excluding carboxylic acids is 2. The van der Waals surface area contributed by atoms with Crippen molar-refractivity contribution in [1.29, 1.82) is 0 Å². The Hall–Kier alpha value is -2.22. The van der Waals surface area contributed by atoms with Gasteiger partial charge in [-0.25, -0.2) is 4.39 Å². The zero-order valence-electron chi connectivity index (χ0n) is 14.0. The summed E-state index contributed by atoms with van der Waals surface area (Å²) in [5.41, 5.74) is 0.466. The van der Waals surface area contributed by atoms with Gasteiger partial charge < -0.3 is 10.6 Å². The molecule has 2 rings (SSSR count). The van der Waals surface area contributed by atoms with Crippen molar-refractivity contribution in [3.63, 3.8) is 0 Å². The first kappa shape index (κ1) is 20.1. The van der Waals surface area contributed by atoms with Gasteiger partial charge in [0, 0.05) is 23.7 Å². The zero-order valence-corrected chi connectivity index (χ0v) is 15.6. The smallest absolute Gasteiger partial charge is 0.243 e. The van der Waals surface area contributed by atoms with Crippen LogP contribution in [0.15, 0.2) is 49.1 Å². The second-order valence-corrected chi connectivity index (χ2v) is 7.30. The Morgan fingerprint density at radius 2 is 1.92 bits per heavy atom. The molecule has 0 aliphatic rings. The molecule has 2 aromatic rings. The average molecular weight is 396 g/mol. The number of anilines is 1. The van der Waals surface area contributed by atoms with Crippen LogP contribution in [0.25, 0.3) is 0 Å². The van der Waals surface area contributed by atoms with Gasteiger partial charge in [-0.3, -0.25) is 14.5 Å². The maximum atomic E-state index is 12.8. The molecule has 0 radical (unpaired) electrons. The molecule has 1 aromatic heterocycles.